The molecule has 0 saturated carbocycles. The van der Waals surface area contributed by atoms with Gasteiger partial charge in [0.15, 0.2) is 0 Å². The number of benzene rings is 2. The molecule has 0 aliphatic heterocycles. The number of nitro benzene ring substituents is 1. The summed E-state index contributed by atoms with van der Waals surface area (Å²) in [5.41, 5.74) is -0.261. The molecular weight excluding hydrogens is 370 g/mol. The molecule has 21 heavy (non-hydrogen) atoms. The van der Waals surface area contributed by atoms with Gasteiger partial charge in [-0.3, -0.25) is 10.1 Å². The highest BCUT2D eigenvalue weighted by molar-refractivity contribution is 9.10. The normalized spacial score (nSPS) is 10.5. The van der Waals surface area contributed by atoms with Crippen molar-refractivity contribution in [2.45, 2.75) is 6.54 Å². The van der Waals surface area contributed by atoms with Crippen molar-refractivity contribution in [3.8, 4) is 0 Å². The van der Waals surface area contributed by atoms with E-state index in [0.717, 1.165) is 10.5 Å². The maximum absolute atomic E-state index is 13.6. The smallest absolute Gasteiger partial charge is 0.305 e. The molecule has 4 nitrogen and oxygen atoms in total. The number of nitrogens with zero attached hydrogens (tertiary/aromatic N) is 1. The van der Waals surface area contributed by atoms with Crippen LogP contribution in [-0.2, 0) is 6.54 Å². The van der Waals surface area contributed by atoms with Gasteiger partial charge in [-0.15, -0.1) is 0 Å². The molecule has 2 rings (SSSR count). The SMILES string of the molecule is O=[N+]([O-])c1cc(CNc2ccc(Br)cc2Cl)c(F)cc1F. The fourth-order valence-corrected chi connectivity index (χ4v) is 2.42. The van der Waals surface area contributed by atoms with Gasteiger partial charge in [-0.1, -0.05) is 27.5 Å². The quantitative estimate of drug-likeness (QED) is 0.609. The zero-order valence-electron chi connectivity index (χ0n) is 10.4. The molecule has 0 bridgehead atoms. The standard InChI is InChI=1S/C13H8BrClF2N2O2/c14-8-1-2-12(9(15)4-8)18-6-7-3-13(19(20)21)11(17)5-10(7)16/h1-5,18H,6H2. The van der Waals surface area contributed by atoms with Crippen LogP contribution in [0.2, 0.25) is 5.02 Å². The van der Waals surface area contributed by atoms with Gasteiger partial charge in [0, 0.05) is 28.7 Å². The summed E-state index contributed by atoms with van der Waals surface area (Å²) in [5.74, 6) is -2.07. The molecular formula is C13H8BrClF2N2O2. The Hall–Kier alpha value is -1.73. The molecule has 0 aliphatic carbocycles. The van der Waals surface area contributed by atoms with Crippen LogP contribution >= 0.6 is 27.5 Å². The first-order valence-corrected chi connectivity index (χ1v) is 6.87. The van der Waals surface area contributed by atoms with Crippen molar-refractivity contribution in [2.75, 3.05) is 5.32 Å². The first-order valence-electron chi connectivity index (χ1n) is 5.69. The molecule has 0 unspecified atom stereocenters. The van der Waals surface area contributed by atoms with Crippen molar-refractivity contribution in [1.82, 2.24) is 0 Å². The van der Waals surface area contributed by atoms with Crippen LogP contribution in [0.1, 0.15) is 5.56 Å². The van der Waals surface area contributed by atoms with E-state index in [1.54, 1.807) is 18.2 Å². The average molecular weight is 378 g/mol. The van der Waals surface area contributed by atoms with E-state index < -0.39 is 22.2 Å². The van der Waals surface area contributed by atoms with Gasteiger partial charge in [0.1, 0.15) is 5.82 Å². The summed E-state index contributed by atoms with van der Waals surface area (Å²) in [6, 6.07) is 6.41. The minimum Gasteiger partial charge on any atom is -0.380 e. The Bertz CT molecular complexity index is 713. The van der Waals surface area contributed by atoms with Crippen molar-refractivity contribution >= 4 is 38.9 Å². The van der Waals surface area contributed by atoms with Crippen molar-refractivity contribution < 1.29 is 13.7 Å². The molecule has 0 spiro atoms. The summed E-state index contributed by atoms with van der Waals surface area (Å²) in [6.07, 6.45) is 0. The van der Waals surface area contributed by atoms with Crippen LogP contribution in [0.25, 0.3) is 0 Å². The van der Waals surface area contributed by atoms with Crippen LogP contribution in [0.4, 0.5) is 20.2 Å². The van der Waals surface area contributed by atoms with Gasteiger partial charge in [-0.2, -0.15) is 4.39 Å². The molecule has 2 aromatic rings. The average Bonchev–Trinajstić information content (AvgIpc) is 2.39. The van der Waals surface area contributed by atoms with Crippen LogP contribution in [0.5, 0.6) is 0 Å². The van der Waals surface area contributed by atoms with Gasteiger partial charge in [0.25, 0.3) is 0 Å². The van der Waals surface area contributed by atoms with E-state index in [2.05, 4.69) is 21.2 Å². The second kappa shape index (κ2) is 6.36. The summed E-state index contributed by atoms with van der Waals surface area (Å²) in [7, 11) is 0. The fraction of sp³-hybridized carbons (Fsp3) is 0.0769. The van der Waals surface area contributed by atoms with Crippen LogP contribution in [-0.4, -0.2) is 4.92 Å². The Kier molecular flexibility index (Phi) is 4.74. The minimum atomic E-state index is -1.21. The number of hydrogen-bond acceptors (Lipinski definition) is 3. The number of rotatable bonds is 4. The van der Waals surface area contributed by atoms with Crippen molar-refractivity contribution in [3.05, 3.63) is 67.1 Å². The molecule has 0 radical (unpaired) electrons. The first kappa shape index (κ1) is 15.7. The predicted octanol–water partition coefficient (Wildman–Crippen LogP) is 4.90. The van der Waals surface area contributed by atoms with Crippen molar-refractivity contribution in [3.63, 3.8) is 0 Å². The lowest BCUT2D eigenvalue weighted by Gasteiger charge is -2.09. The molecule has 0 aromatic heterocycles. The van der Waals surface area contributed by atoms with E-state index in [1.807, 2.05) is 0 Å². The molecule has 8 heteroatoms. The molecule has 0 aliphatic rings. The molecule has 0 amide bonds. The number of nitro groups is 1. The van der Waals surface area contributed by atoms with Gasteiger partial charge < -0.3 is 5.32 Å². The van der Waals surface area contributed by atoms with E-state index >= 15 is 0 Å². The van der Waals surface area contributed by atoms with Crippen molar-refractivity contribution in [2.24, 2.45) is 0 Å². The molecule has 110 valence electrons. The zero-order chi connectivity index (χ0) is 15.6. The van der Waals surface area contributed by atoms with E-state index in [9.17, 15) is 18.9 Å². The van der Waals surface area contributed by atoms with Crippen LogP contribution in [0.15, 0.2) is 34.8 Å². The molecule has 1 N–H and O–H groups in total. The topological polar surface area (TPSA) is 55.2 Å². The van der Waals surface area contributed by atoms with Crippen molar-refractivity contribution in [1.29, 1.82) is 0 Å². The monoisotopic (exact) mass is 376 g/mol. The third-order valence-corrected chi connectivity index (χ3v) is 3.52. The van der Waals surface area contributed by atoms with Gasteiger partial charge >= 0.3 is 5.69 Å². The molecule has 2 aromatic carbocycles. The summed E-state index contributed by atoms with van der Waals surface area (Å²) in [6.45, 7) is -0.0612. The lowest BCUT2D eigenvalue weighted by atomic mass is 10.1. The second-order valence-electron chi connectivity index (χ2n) is 4.13. The summed E-state index contributed by atoms with van der Waals surface area (Å²) >= 11 is 9.24. The van der Waals surface area contributed by atoms with Gasteiger partial charge in [-0.05, 0) is 18.2 Å². The lowest BCUT2D eigenvalue weighted by molar-refractivity contribution is -0.387. The predicted molar refractivity (Wildman–Crippen MR) is 79.5 cm³/mol. The van der Waals surface area contributed by atoms with E-state index in [0.29, 0.717) is 16.8 Å². The molecule has 0 saturated heterocycles. The number of anilines is 1. The zero-order valence-corrected chi connectivity index (χ0v) is 12.7. The molecule has 0 heterocycles. The van der Waals surface area contributed by atoms with Gasteiger partial charge in [-0.25, -0.2) is 4.39 Å². The van der Waals surface area contributed by atoms with Crippen LogP contribution < -0.4 is 5.32 Å². The lowest BCUT2D eigenvalue weighted by Crippen LogP contribution is -2.04. The summed E-state index contributed by atoms with van der Waals surface area (Å²) in [4.78, 5) is 9.75. The Morgan fingerprint density at radius 1 is 1.24 bits per heavy atom. The minimum absolute atomic E-state index is 0.0258. The summed E-state index contributed by atoms with van der Waals surface area (Å²) < 4.78 is 27.6. The highest BCUT2D eigenvalue weighted by Crippen LogP contribution is 2.27. The summed E-state index contributed by atoms with van der Waals surface area (Å²) in [5, 5.41) is 13.9. The third kappa shape index (κ3) is 3.68. The third-order valence-electron chi connectivity index (χ3n) is 2.71. The first-order chi connectivity index (χ1) is 9.88. The van der Waals surface area contributed by atoms with Gasteiger partial charge in [0.2, 0.25) is 5.82 Å². The Morgan fingerprint density at radius 2 is 1.95 bits per heavy atom. The number of halogens is 4. The number of hydrogen-bond donors (Lipinski definition) is 1. The van der Waals surface area contributed by atoms with E-state index in [1.165, 1.54) is 0 Å². The largest absolute Gasteiger partial charge is 0.380 e. The highest BCUT2D eigenvalue weighted by Gasteiger charge is 2.18. The highest BCUT2D eigenvalue weighted by atomic mass is 79.9. The fourth-order valence-electron chi connectivity index (χ4n) is 1.68. The Balaban J connectivity index is 2.23. The number of nitrogens with one attached hydrogen (secondary N) is 1. The Morgan fingerprint density at radius 3 is 2.57 bits per heavy atom. The van der Waals surface area contributed by atoms with Crippen LogP contribution in [0, 0.1) is 21.7 Å². The molecule has 0 fully saturated rings. The maximum atomic E-state index is 13.6. The van der Waals surface area contributed by atoms with Crippen LogP contribution in [0.3, 0.4) is 0 Å². The Labute approximate surface area is 132 Å². The maximum Gasteiger partial charge on any atom is 0.305 e. The van der Waals surface area contributed by atoms with E-state index in [-0.39, 0.29) is 12.1 Å². The molecule has 0 atom stereocenters. The second-order valence-corrected chi connectivity index (χ2v) is 5.45. The van der Waals surface area contributed by atoms with Gasteiger partial charge in [0.05, 0.1) is 15.6 Å². The van der Waals surface area contributed by atoms with E-state index in [4.69, 9.17) is 11.6 Å².